The molecule has 1 aromatic heterocycles. The van der Waals surface area contributed by atoms with Crippen molar-refractivity contribution in [2.45, 2.75) is 38.0 Å². The van der Waals surface area contributed by atoms with Gasteiger partial charge in [0.25, 0.3) is 5.91 Å². The molecule has 3 fully saturated rings. The summed E-state index contributed by atoms with van der Waals surface area (Å²) in [4.78, 5) is 26.3. The molecule has 0 saturated carbocycles. The molecule has 0 radical (unpaired) electrons. The number of fused-ring (bicyclic) bond motifs is 3. The van der Waals surface area contributed by atoms with Gasteiger partial charge in [0.1, 0.15) is 5.76 Å². The molecule has 9 heteroatoms. The zero-order chi connectivity index (χ0) is 21.5. The zero-order valence-corrected chi connectivity index (χ0v) is 16.3. The highest BCUT2D eigenvalue weighted by Crippen LogP contribution is 2.33. The molecular formula is C21H22F3N3O3. The lowest BCUT2D eigenvalue weighted by atomic mass is 9.80. The van der Waals surface area contributed by atoms with Crippen LogP contribution >= 0.6 is 0 Å². The fourth-order valence-corrected chi connectivity index (χ4v) is 4.30. The summed E-state index contributed by atoms with van der Waals surface area (Å²) in [6, 6.07) is 9.53. The van der Waals surface area contributed by atoms with Crippen molar-refractivity contribution in [1.82, 2.24) is 10.2 Å². The van der Waals surface area contributed by atoms with Crippen LogP contribution in [-0.4, -0.2) is 48.1 Å². The molecule has 3 unspecified atom stereocenters. The van der Waals surface area contributed by atoms with E-state index < -0.39 is 12.1 Å². The quantitative estimate of drug-likeness (QED) is 0.790. The minimum atomic E-state index is -5.01. The molecule has 3 saturated heterocycles. The molecule has 0 aliphatic carbocycles. The minimum Gasteiger partial charge on any atom is -0.451 e. The summed E-state index contributed by atoms with van der Waals surface area (Å²) in [6.07, 6.45) is -2.92. The van der Waals surface area contributed by atoms with E-state index in [1.54, 1.807) is 6.07 Å². The van der Waals surface area contributed by atoms with Crippen LogP contribution in [-0.2, 0) is 4.79 Å². The number of anilines is 1. The van der Waals surface area contributed by atoms with E-state index in [0.717, 1.165) is 25.9 Å². The number of para-hydroxylation sites is 1. The van der Waals surface area contributed by atoms with Crippen molar-refractivity contribution >= 4 is 17.5 Å². The average molecular weight is 421 g/mol. The smallest absolute Gasteiger partial charge is 0.451 e. The van der Waals surface area contributed by atoms with E-state index in [9.17, 15) is 22.8 Å². The molecule has 160 valence electrons. The zero-order valence-electron chi connectivity index (χ0n) is 16.3. The minimum absolute atomic E-state index is 0.0486. The second-order valence-corrected chi connectivity index (χ2v) is 7.87. The van der Waals surface area contributed by atoms with Crippen molar-refractivity contribution < 1.29 is 27.2 Å². The van der Waals surface area contributed by atoms with Gasteiger partial charge in [-0.25, -0.2) is 0 Å². The number of amides is 2. The van der Waals surface area contributed by atoms with Crippen LogP contribution in [0.2, 0.25) is 0 Å². The van der Waals surface area contributed by atoms with Crippen molar-refractivity contribution in [1.29, 1.82) is 0 Å². The molecule has 2 bridgehead atoms. The highest BCUT2D eigenvalue weighted by Gasteiger charge is 2.40. The van der Waals surface area contributed by atoms with E-state index in [2.05, 4.69) is 17.1 Å². The molecule has 5 rings (SSSR count). The van der Waals surface area contributed by atoms with Crippen molar-refractivity contribution in [2.75, 3.05) is 18.4 Å². The molecule has 2 amide bonds. The van der Waals surface area contributed by atoms with Gasteiger partial charge < -0.3 is 15.1 Å². The number of carbonyl (C=O) groups excluding carboxylic acids is 2. The number of nitrogens with zero attached hydrogens (tertiary/aromatic N) is 1. The van der Waals surface area contributed by atoms with E-state index in [1.807, 2.05) is 5.32 Å². The van der Waals surface area contributed by atoms with Crippen molar-refractivity contribution in [3.63, 3.8) is 0 Å². The van der Waals surface area contributed by atoms with Crippen LogP contribution in [0.15, 0.2) is 40.8 Å². The predicted octanol–water partition coefficient (Wildman–Crippen LogP) is 3.66. The fraction of sp³-hybridized carbons (Fsp3) is 0.429. The number of furan rings is 1. The van der Waals surface area contributed by atoms with Crippen LogP contribution in [0.1, 0.15) is 30.3 Å². The van der Waals surface area contributed by atoms with E-state index in [0.29, 0.717) is 12.0 Å². The second kappa shape index (κ2) is 7.79. The molecule has 4 heterocycles. The standard InChI is InChI=1S/C21H22F3N3O3/c1-12-10-13-8-9-27(12)11-16(13)25-19(28)18-7-6-17(30-18)14-4-2-3-5-15(14)26-20(29)21(22,23)24/h2-7,12-13,16H,8-11H2,1H3,(H,25,28)(H,26,29)/t12?,13?,16-/m0/s1. The van der Waals surface area contributed by atoms with Crippen LogP contribution in [0.3, 0.4) is 0 Å². The monoisotopic (exact) mass is 421 g/mol. The average Bonchev–Trinajstić information content (AvgIpc) is 3.19. The van der Waals surface area contributed by atoms with Gasteiger partial charge in [0.05, 0.1) is 5.69 Å². The van der Waals surface area contributed by atoms with Gasteiger partial charge >= 0.3 is 12.1 Å². The maximum Gasteiger partial charge on any atom is 0.471 e. The number of nitrogens with one attached hydrogen (secondary N) is 2. The third-order valence-corrected chi connectivity index (χ3v) is 5.90. The normalized spacial score (nSPS) is 25.7. The van der Waals surface area contributed by atoms with Crippen LogP contribution in [0, 0.1) is 5.92 Å². The summed E-state index contributed by atoms with van der Waals surface area (Å²) in [7, 11) is 0. The van der Waals surface area contributed by atoms with Gasteiger partial charge in [-0.1, -0.05) is 12.1 Å². The lowest BCUT2D eigenvalue weighted by Crippen LogP contribution is -2.60. The summed E-state index contributed by atoms with van der Waals surface area (Å²) < 4.78 is 43.4. The van der Waals surface area contributed by atoms with E-state index in [-0.39, 0.29) is 34.7 Å². The van der Waals surface area contributed by atoms with Crippen molar-refractivity contribution in [3.8, 4) is 11.3 Å². The van der Waals surface area contributed by atoms with Gasteiger partial charge in [-0.3, -0.25) is 14.5 Å². The Kier molecular flexibility index (Phi) is 5.31. The SMILES string of the molecule is CC1CC2CCN1C[C@@H]2NC(=O)c1ccc(-c2ccccc2NC(=O)C(F)(F)F)o1. The van der Waals surface area contributed by atoms with Crippen LogP contribution in [0.5, 0.6) is 0 Å². The largest absolute Gasteiger partial charge is 0.471 e. The van der Waals surface area contributed by atoms with Crippen molar-refractivity contribution in [2.24, 2.45) is 5.92 Å². The number of halogens is 3. The molecule has 2 aromatic rings. The summed E-state index contributed by atoms with van der Waals surface area (Å²) >= 11 is 0. The van der Waals surface area contributed by atoms with Gasteiger partial charge in [0, 0.05) is 24.2 Å². The van der Waals surface area contributed by atoms with Gasteiger partial charge in [-0.15, -0.1) is 0 Å². The predicted molar refractivity (Wildman–Crippen MR) is 104 cm³/mol. The third kappa shape index (κ3) is 4.07. The van der Waals surface area contributed by atoms with Crippen LogP contribution in [0.4, 0.5) is 18.9 Å². The number of alkyl halides is 3. The molecule has 30 heavy (non-hydrogen) atoms. The summed E-state index contributed by atoms with van der Waals surface area (Å²) in [6.45, 7) is 4.04. The van der Waals surface area contributed by atoms with E-state index >= 15 is 0 Å². The molecular weight excluding hydrogens is 399 g/mol. The molecule has 6 nitrogen and oxygen atoms in total. The molecule has 3 aliphatic heterocycles. The van der Waals surface area contributed by atoms with Gasteiger partial charge in [0.2, 0.25) is 0 Å². The van der Waals surface area contributed by atoms with Crippen molar-refractivity contribution in [3.05, 3.63) is 42.2 Å². The van der Waals surface area contributed by atoms with Crippen LogP contribution < -0.4 is 10.6 Å². The first-order chi connectivity index (χ1) is 14.2. The van der Waals surface area contributed by atoms with Gasteiger partial charge in [0.15, 0.2) is 5.76 Å². The maximum atomic E-state index is 12.7. The van der Waals surface area contributed by atoms with Gasteiger partial charge in [-0.2, -0.15) is 13.2 Å². The Bertz CT molecular complexity index is 956. The highest BCUT2D eigenvalue weighted by molar-refractivity contribution is 5.98. The first kappa shape index (κ1) is 20.5. The topological polar surface area (TPSA) is 74.6 Å². The van der Waals surface area contributed by atoms with E-state index in [4.69, 9.17) is 4.42 Å². The first-order valence-electron chi connectivity index (χ1n) is 9.84. The Morgan fingerprint density at radius 3 is 2.60 bits per heavy atom. The number of rotatable bonds is 4. The molecule has 0 spiro atoms. The number of hydrogen-bond acceptors (Lipinski definition) is 4. The molecule has 1 aromatic carbocycles. The molecule has 4 atom stereocenters. The molecule has 3 aliphatic rings. The maximum absolute atomic E-state index is 12.7. The van der Waals surface area contributed by atoms with E-state index in [1.165, 1.54) is 30.3 Å². The second-order valence-electron chi connectivity index (χ2n) is 7.87. The van der Waals surface area contributed by atoms with Gasteiger partial charge in [-0.05, 0) is 56.5 Å². The Hall–Kier alpha value is -2.81. The number of benzene rings is 1. The highest BCUT2D eigenvalue weighted by atomic mass is 19.4. The summed E-state index contributed by atoms with van der Waals surface area (Å²) in [5, 5.41) is 4.87. The summed E-state index contributed by atoms with van der Waals surface area (Å²) in [5.74, 6) is -1.73. The third-order valence-electron chi connectivity index (χ3n) is 5.90. The van der Waals surface area contributed by atoms with Crippen LogP contribution in [0.25, 0.3) is 11.3 Å². The Balaban J connectivity index is 1.48. The lowest BCUT2D eigenvalue weighted by Gasteiger charge is -2.48. The Labute approximate surface area is 171 Å². The number of hydrogen-bond donors (Lipinski definition) is 2. The number of piperidine rings is 3. The lowest BCUT2D eigenvalue weighted by molar-refractivity contribution is -0.167. The Morgan fingerprint density at radius 1 is 1.17 bits per heavy atom. The first-order valence-corrected chi connectivity index (χ1v) is 9.84. The fourth-order valence-electron chi connectivity index (χ4n) is 4.30. The Morgan fingerprint density at radius 2 is 1.93 bits per heavy atom. The summed E-state index contributed by atoms with van der Waals surface area (Å²) in [5.41, 5.74) is 0.207. The number of carbonyl (C=O) groups is 2. The molecule has 2 N–H and O–H groups in total.